The summed E-state index contributed by atoms with van der Waals surface area (Å²) >= 11 is 0. The van der Waals surface area contributed by atoms with Crippen LogP contribution >= 0.6 is 0 Å². The molecule has 0 spiro atoms. The van der Waals surface area contributed by atoms with Crippen molar-refractivity contribution in [1.29, 1.82) is 0 Å². The minimum Gasteiger partial charge on any atom is -0.369 e. The Balaban J connectivity index is 1.66. The van der Waals surface area contributed by atoms with E-state index in [-0.39, 0.29) is 0 Å². The van der Waals surface area contributed by atoms with E-state index in [1.54, 1.807) is 0 Å². The van der Waals surface area contributed by atoms with E-state index in [4.69, 9.17) is 9.47 Å². The molecule has 12 heavy (non-hydrogen) atoms. The Labute approximate surface area is 71.2 Å². The highest BCUT2D eigenvalue weighted by molar-refractivity contribution is 5.21. The van der Waals surface area contributed by atoms with Gasteiger partial charge in [-0.1, -0.05) is 0 Å². The van der Waals surface area contributed by atoms with Gasteiger partial charge in [0.05, 0.1) is 24.4 Å². The van der Waals surface area contributed by atoms with Gasteiger partial charge in [0, 0.05) is 0 Å². The van der Waals surface area contributed by atoms with Crippen molar-refractivity contribution in [2.24, 2.45) is 23.7 Å². The Hall–Kier alpha value is -0.0800. The highest BCUT2D eigenvalue weighted by Gasteiger charge is 2.74. The van der Waals surface area contributed by atoms with Gasteiger partial charge >= 0.3 is 0 Å². The molecule has 2 heterocycles. The normalized spacial score (nSPS) is 80.0. The van der Waals surface area contributed by atoms with Crippen molar-refractivity contribution in [3.05, 3.63) is 0 Å². The summed E-state index contributed by atoms with van der Waals surface area (Å²) in [5.41, 5.74) is 0. The topological polar surface area (TPSA) is 25.1 Å². The lowest BCUT2D eigenvalue weighted by atomic mass is 9.81. The molecule has 3 aliphatic carbocycles. The molecule has 0 aromatic rings. The first-order chi connectivity index (χ1) is 5.93. The molecule has 0 unspecified atom stereocenters. The van der Waals surface area contributed by atoms with Crippen molar-refractivity contribution in [2.75, 3.05) is 0 Å². The summed E-state index contributed by atoms with van der Waals surface area (Å²) in [5, 5.41) is 0. The van der Waals surface area contributed by atoms with Crippen molar-refractivity contribution < 1.29 is 9.47 Å². The third kappa shape index (κ3) is 0.409. The molecule has 0 radical (unpaired) electrons. The van der Waals surface area contributed by atoms with Gasteiger partial charge in [-0.2, -0.15) is 0 Å². The summed E-state index contributed by atoms with van der Waals surface area (Å²) in [7, 11) is 0. The number of ether oxygens (including phenoxy) is 2. The van der Waals surface area contributed by atoms with Crippen LogP contribution in [0.5, 0.6) is 0 Å². The maximum absolute atomic E-state index is 5.69. The average molecular weight is 164 g/mol. The average Bonchev–Trinajstić information content (AvgIpc) is 2.92. The fraction of sp³-hybridized carbons (Fsp3) is 1.00. The van der Waals surface area contributed by atoms with E-state index in [1.165, 1.54) is 12.8 Å². The van der Waals surface area contributed by atoms with Gasteiger partial charge in [0.25, 0.3) is 0 Å². The van der Waals surface area contributed by atoms with Crippen LogP contribution in [0.4, 0.5) is 0 Å². The smallest absolute Gasteiger partial charge is 0.0876 e. The minimum absolute atomic E-state index is 0.676. The van der Waals surface area contributed by atoms with E-state index in [1.807, 2.05) is 0 Å². The first-order valence-electron chi connectivity index (χ1n) is 5.24. The van der Waals surface area contributed by atoms with Gasteiger partial charge in [-0.25, -0.2) is 0 Å². The molecule has 8 atom stereocenters. The zero-order valence-electron chi connectivity index (χ0n) is 6.85. The maximum atomic E-state index is 5.69. The lowest BCUT2D eigenvalue weighted by molar-refractivity contribution is 0.162. The molecule has 5 fully saturated rings. The van der Waals surface area contributed by atoms with Crippen LogP contribution in [0.3, 0.4) is 0 Å². The molecule has 64 valence electrons. The summed E-state index contributed by atoms with van der Waals surface area (Å²) in [6, 6.07) is 0. The molecular formula is C10H12O2. The second-order valence-corrected chi connectivity index (χ2v) is 5.24. The van der Waals surface area contributed by atoms with Gasteiger partial charge < -0.3 is 9.47 Å². The largest absolute Gasteiger partial charge is 0.369 e. The van der Waals surface area contributed by atoms with Crippen LogP contribution in [-0.2, 0) is 9.47 Å². The predicted molar refractivity (Wildman–Crippen MR) is 40.5 cm³/mol. The predicted octanol–water partition coefficient (Wildman–Crippen LogP) is 0.807. The molecule has 2 saturated heterocycles. The molecule has 5 aliphatic rings. The van der Waals surface area contributed by atoms with Crippen LogP contribution in [0.25, 0.3) is 0 Å². The van der Waals surface area contributed by atoms with Gasteiger partial charge in [-0.15, -0.1) is 0 Å². The van der Waals surface area contributed by atoms with Gasteiger partial charge in [-0.05, 0) is 36.5 Å². The number of fused-ring (bicyclic) bond motifs is 10. The quantitative estimate of drug-likeness (QED) is 0.495. The highest BCUT2D eigenvalue weighted by Crippen LogP contribution is 2.69. The number of epoxide rings is 2. The second-order valence-electron chi connectivity index (χ2n) is 5.24. The Bertz CT molecular complexity index is 273. The Morgan fingerprint density at radius 1 is 0.750 bits per heavy atom. The summed E-state index contributed by atoms with van der Waals surface area (Å²) in [5.74, 6) is 3.77. The third-order valence-electron chi connectivity index (χ3n) is 4.99. The fourth-order valence-corrected chi connectivity index (χ4v) is 4.58. The first-order valence-corrected chi connectivity index (χ1v) is 5.24. The van der Waals surface area contributed by atoms with Crippen LogP contribution in [0.1, 0.15) is 12.8 Å². The van der Waals surface area contributed by atoms with Crippen LogP contribution in [0, 0.1) is 23.7 Å². The van der Waals surface area contributed by atoms with E-state index in [9.17, 15) is 0 Å². The molecule has 5 rings (SSSR count). The van der Waals surface area contributed by atoms with Crippen molar-refractivity contribution in [1.82, 2.24) is 0 Å². The standard InChI is InChI=1S/C10H12O2/c1-4-3-2-6-10(11-6)7(3)5(1)9-8(4)12-9/h3-10H,1-2H2/t3-,4+,5-,6-,7+,8-,9-,10+/m1/s1. The fourth-order valence-electron chi connectivity index (χ4n) is 4.58. The minimum atomic E-state index is 0.676. The summed E-state index contributed by atoms with van der Waals surface area (Å²) in [6.07, 6.45) is 5.58. The van der Waals surface area contributed by atoms with Crippen LogP contribution < -0.4 is 0 Å². The first kappa shape index (κ1) is 5.61. The molecule has 0 N–H and O–H groups in total. The van der Waals surface area contributed by atoms with E-state index >= 15 is 0 Å². The van der Waals surface area contributed by atoms with Crippen LogP contribution in [0.15, 0.2) is 0 Å². The molecule has 3 saturated carbocycles. The lowest BCUT2D eigenvalue weighted by Gasteiger charge is -2.22. The zero-order valence-corrected chi connectivity index (χ0v) is 6.85. The molecule has 2 heteroatoms. The van der Waals surface area contributed by atoms with Gasteiger partial charge in [0.1, 0.15) is 0 Å². The molecular weight excluding hydrogens is 152 g/mol. The van der Waals surface area contributed by atoms with Crippen LogP contribution in [0.2, 0.25) is 0 Å². The summed E-state index contributed by atoms with van der Waals surface area (Å²) in [6.45, 7) is 0. The second kappa shape index (κ2) is 1.38. The van der Waals surface area contributed by atoms with Crippen molar-refractivity contribution in [3.63, 3.8) is 0 Å². The third-order valence-corrected chi connectivity index (χ3v) is 4.99. The van der Waals surface area contributed by atoms with Crippen molar-refractivity contribution in [3.8, 4) is 0 Å². The van der Waals surface area contributed by atoms with E-state index in [0.29, 0.717) is 24.4 Å². The van der Waals surface area contributed by atoms with Crippen molar-refractivity contribution >= 4 is 0 Å². The summed E-state index contributed by atoms with van der Waals surface area (Å²) in [4.78, 5) is 0. The van der Waals surface area contributed by atoms with E-state index < -0.39 is 0 Å². The lowest BCUT2D eigenvalue weighted by Crippen LogP contribution is -2.27. The van der Waals surface area contributed by atoms with Crippen molar-refractivity contribution in [2.45, 2.75) is 37.3 Å². The molecule has 0 amide bonds. The number of hydrogen-bond donors (Lipinski definition) is 0. The molecule has 0 aromatic heterocycles. The number of rotatable bonds is 0. The van der Waals surface area contributed by atoms with Crippen LogP contribution in [-0.4, -0.2) is 24.4 Å². The van der Waals surface area contributed by atoms with E-state index in [0.717, 1.165) is 23.7 Å². The Morgan fingerprint density at radius 3 is 2.67 bits per heavy atom. The highest BCUT2D eigenvalue weighted by atomic mass is 16.6. The Kier molecular flexibility index (Phi) is 0.644. The van der Waals surface area contributed by atoms with E-state index in [2.05, 4.69) is 0 Å². The van der Waals surface area contributed by atoms with Gasteiger partial charge in [0.2, 0.25) is 0 Å². The molecule has 2 bridgehead atoms. The SMILES string of the molecule is C1[C@H]2[C@H]3C[C@H]4O[C@@H]4[C@@H]3[C@@H]1[C@H]1O[C@H]21. The maximum Gasteiger partial charge on any atom is 0.0876 e. The zero-order chi connectivity index (χ0) is 7.45. The Morgan fingerprint density at radius 2 is 1.67 bits per heavy atom. The monoisotopic (exact) mass is 164 g/mol. The molecule has 0 aromatic carbocycles. The summed E-state index contributed by atoms with van der Waals surface area (Å²) < 4.78 is 11.3. The van der Waals surface area contributed by atoms with Gasteiger partial charge in [-0.3, -0.25) is 0 Å². The van der Waals surface area contributed by atoms with Gasteiger partial charge in [0.15, 0.2) is 0 Å². The number of hydrogen-bond acceptors (Lipinski definition) is 2. The molecule has 2 nitrogen and oxygen atoms in total. The molecule has 2 aliphatic heterocycles.